The Morgan fingerprint density at radius 2 is 1.67 bits per heavy atom. The van der Waals surface area contributed by atoms with Crippen LogP contribution in [0.3, 0.4) is 0 Å². The molecule has 0 aliphatic carbocycles. The maximum atomic E-state index is 11.9. The van der Waals surface area contributed by atoms with Gasteiger partial charge in [-0.15, -0.1) is 0 Å². The summed E-state index contributed by atoms with van der Waals surface area (Å²) in [6, 6.07) is 11.9. The Kier molecular flexibility index (Phi) is 5.44. The van der Waals surface area contributed by atoms with Crippen LogP contribution in [0.5, 0.6) is 5.75 Å². The molecule has 0 fully saturated rings. The third-order valence-electron chi connectivity index (χ3n) is 3.69. The number of carbonyl (C=O) groups is 2. The highest BCUT2D eigenvalue weighted by Crippen LogP contribution is 2.21. The molecule has 0 atom stereocenters. The maximum Gasteiger partial charge on any atom is 0.239 e. The number of ether oxygens (including phenoxy) is 1. The van der Waals surface area contributed by atoms with E-state index in [1.165, 1.54) is 0 Å². The standard InChI is InChI=1S/C19H24N2O3/c1-19(2,3)18(23)21-12-17(22)20-11-13-5-6-15-10-16(24-4)8-7-14(15)9-13/h5-10H,11-12H2,1-4H3,(H,20,22)(H,21,23). The van der Waals surface area contributed by atoms with Crippen LogP contribution in [0.15, 0.2) is 36.4 Å². The van der Waals surface area contributed by atoms with E-state index in [1.807, 2.05) is 57.2 Å². The highest BCUT2D eigenvalue weighted by atomic mass is 16.5. The smallest absolute Gasteiger partial charge is 0.239 e. The molecule has 0 spiro atoms. The van der Waals surface area contributed by atoms with E-state index >= 15 is 0 Å². The maximum absolute atomic E-state index is 11.9. The highest BCUT2D eigenvalue weighted by Gasteiger charge is 2.21. The van der Waals surface area contributed by atoms with Crippen LogP contribution in [0.2, 0.25) is 0 Å². The lowest BCUT2D eigenvalue weighted by Crippen LogP contribution is -2.41. The minimum absolute atomic E-state index is 0.0130. The summed E-state index contributed by atoms with van der Waals surface area (Å²) in [6.07, 6.45) is 0. The van der Waals surface area contributed by atoms with Crippen molar-refractivity contribution in [1.82, 2.24) is 10.6 Å². The number of fused-ring (bicyclic) bond motifs is 1. The summed E-state index contributed by atoms with van der Waals surface area (Å²) < 4.78 is 5.21. The molecule has 128 valence electrons. The average molecular weight is 328 g/mol. The topological polar surface area (TPSA) is 67.4 Å². The van der Waals surface area contributed by atoms with Crippen molar-refractivity contribution in [3.63, 3.8) is 0 Å². The summed E-state index contributed by atoms with van der Waals surface area (Å²) >= 11 is 0. The molecule has 0 radical (unpaired) electrons. The van der Waals surface area contributed by atoms with Gasteiger partial charge in [-0.25, -0.2) is 0 Å². The van der Waals surface area contributed by atoms with E-state index in [4.69, 9.17) is 4.74 Å². The molecule has 0 saturated carbocycles. The average Bonchev–Trinajstić information content (AvgIpc) is 2.56. The zero-order chi connectivity index (χ0) is 17.7. The zero-order valence-electron chi connectivity index (χ0n) is 14.6. The van der Waals surface area contributed by atoms with E-state index in [0.29, 0.717) is 6.54 Å². The summed E-state index contributed by atoms with van der Waals surface area (Å²) in [5.41, 5.74) is 0.503. The lowest BCUT2D eigenvalue weighted by Gasteiger charge is -2.17. The molecule has 2 aromatic carbocycles. The van der Waals surface area contributed by atoms with Crippen molar-refractivity contribution in [1.29, 1.82) is 0 Å². The van der Waals surface area contributed by atoms with Crippen molar-refractivity contribution >= 4 is 22.6 Å². The molecule has 5 heteroatoms. The van der Waals surface area contributed by atoms with Crippen LogP contribution in [-0.2, 0) is 16.1 Å². The fourth-order valence-electron chi connectivity index (χ4n) is 2.20. The van der Waals surface area contributed by atoms with Gasteiger partial charge >= 0.3 is 0 Å². The molecule has 0 aromatic heterocycles. The Morgan fingerprint density at radius 1 is 1.00 bits per heavy atom. The molecular weight excluding hydrogens is 304 g/mol. The molecule has 0 aliphatic rings. The van der Waals surface area contributed by atoms with Crippen molar-refractivity contribution in [3.05, 3.63) is 42.0 Å². The first-order valence-corrected chi connectivity index (χ1v) is 7.91. The van der Waals surface area contributed by atoms with E-state index in [2.05, 4.69) is 10.6 Å². The molecule has 2 rings (SSSR count). The largest absolute Gasteiger partial charge is 0.497 e. The van der Waals surface area contributed by atoms with E-state index in [9.17, 15) is 9.59 Å². The Hall–Kier alpha value is -2.56. The van der Waals surface area contributed by atoms with Gasteiger partial charge in [0, 0.05) is 12.0 Å². The first kappa shape index (κ1) is 17.8. The number of benzene rings is 2. The van der Waals surface area contributed by atoms with Crippen LogP contribution in [0.1, 0.15) is 26.3 Å². The molecule has 0 bridgehead atoms. The lowest BCUT2D eigenvalue weighted by molar-refractivity contribution is -0.131. The molecule has 24 heavy (non-hydrogen) atoms. The van der Waals surface area contributed by atoms with Gasteiger partial charge in [0.25, 0.3) is 0 Å². The molecule has 0 aliphatic heterocycles. The molecule has 2 aromatic rings. The first-order valence-electron chi connectivity index (χ1n) is 7.91. The van der Waals surface area contributed by atoms with Gasteiger partial charge in [0.15, 0.2) is 0 Å². The summed E-state index contributed by atoms with van der Waals surface area (Å²) in [5, 5.41) is 7.62. The van der Waals surface area contributed by atoms with Crippen molar-refractivity contribution in [2.75, 3.05) is 13.7 Å². The summed E-state index contributed by atoms with van der Waals surface area (Å²) in [5.74, 6) is 0.470. The van der Waals surface area contributed by atoms with E-state index in [-0.39, 0.29) is 18.4 Å². The van der Waals surface area contributed by atoms with Gasteiger partial charge in [-0.3, -0.25) is 9.59 Å². The fourth-order valence-corrected chi connectivity index (χ4v) is 2.20. The Morgan fingerprint density at radius 3 is 2.33 bits per heavy atom. The SMILES string of the molecule is COc1ccc2cc(CNC(=O)CNC(=O)C(C)(C)C)ccc2c1. The molecular formula is C19H24N2O3. The summed E-state index contributed by atoms with van der Waals surface area (Å²) in [6.45, 7) is 5.84. The van der Waals surface area contributed by atoms with E-state index in [1.54, 1.807) is 7.11 Å². The predicted octanol–water partition coefficient (Wildman–Crippen LogP) is 2.63. The highest BCUT2D eigenvalue weighted by molar-refractivity contribution is 5.87. The van der Waals surface area contributed by atoms with Crippen LogP contribution in [-0.4, -0.2) is 25.5 Å². The number of nitrogens with one attached hydrogen (secondary N) is 2. The number of hydrogen-bond acceptors (Lipinski definition) is 3. The molecule has 0 saturated heterocycles. The van der Waals surface area contributed by atoms with Crippen LogP contribution in [0.25, 0.3) is 10.8 Å². The van der Waals surface area contributed by atoms with Crippen LogP contribution >= 0.6 is 0 Å². The first-order chi connectivity index (χ1) is 11.3. The van der Waals surface area contributed by atoms with Crippen molar-refractivity contribution in [2.45, 2.75) is 27.3 Å². The van der Waals surface area contributed by atoms with Crippen molar-refractivity contribution in [2.24, 2.45) is 5.41 Å². The van der Waals surface area contributed by atoms with E-state index < -0.39 is 5.41 Å². The number of amides is 2. The van der Waals surface area contributed by atoms with Gasteiger partial charge in [0.1, 0.15) is 5.75 Å². The summed E-state index contributed by atoms with van der Waals surface area (Å²) in [4.78, 5) is 23.6. The molecule has 5 nitrogen and oxygen atoms in total. The summed E-state index contributed by atoms with van der Waals surface area (Å²) in [7, 11) is 1.64. The van der Waals surface area contributed by atoms with Crippen LogP contribution in [0.4, 0.5) is 0 Å². The van der Waals surface area contributed by atoms with Crippen molar-refractivity contribution < 1.29 is 14.3 Å². The number of carbonyl (C=O) groups excluding carboxylic acids is 2. The number of hydrogen-bond donors (Lipinski definition) is 2. The molecule has 0 unspecified atom stereocenters. The second-order valence-corrected chi connectivity index (χ2v) is 6.76. The Balaban J connectivity index is 1.91. The predicted molar refractivity (Wildman–Crippen MR) is 94.8 cm³/mol. The van der Waals surface area contributed by atoms with Crippen molar-refractivity contribution in [3.8, 4) is 5.75 Å². The normalized spacial score (nSPS) is 11.2. The van der Waals surface area contributed by atoms with E-state index in [0.717, 1.165) is 22.1 Å². The number of methoxy groups -OCH3 is 1. The van der Waals surface area contributed by atoms with Crippen LogP contribution < -0.4 is 15.4 Å². The molecule has 0 heterocycles. The van der Waals surface area contributed by atoms with Gasteiger partial charge in [-0.2, -0.15) is 0 Å². The van der Waals surface area contributed by atoms with Gasteiger partial charge in [0.2, 0.25) is 11.8 Å². The molecule has 2 amide bonds. The third-order valence-corrected chi connectivity index (χ3v) is 3.69. The van der Waals surface area contributed by atoms with Gasteiger partial charge in [-0.1, -0.05) is 39.0 Å². The van der Waals surface area contributed by atoms with Gasteiger partial charge < -0.3 is 15.4 Å². The van der Waals surface area contributed by atoms with Gasteiger partial charge in [-0.05, 0) is 34.5 Å². The monoisotopic (exact) mass is 328 g/mol. The van der Waals surface area contributed by atoms with Crippen LogP contribution in [0, 0.1) is 5.41 Å². The Labute approximate surface area is 142 Å². The Bertz CT molecular complexity index is 748. The second-order valence-electron chi connectivity index (χ2n) is 6.76. The number of rotatable bonds is 5. The lowest BCUT2D eigenvalue weighted by atomic mass is 9.96. The zero-order valence-corrected chi connectivity index (χ0v) is 14.6. The quantitative estimate of drug-likeness (QED) is 0.886. The minimum atomic E-state index is -0.500. The second kappa shape index (κ2) is 7.34. The third kappa shape index (κ3) is 4.72. The fraction of sp³-hybridized carbons (Fsp3) is 0.368. The van der Waals surface area contributed by atoms with Gasteiger partial charge in [0.05, 0.1) is 13.7 Å². The molecule has 2 N–H and O–H groups in total. The minimum Gasteiger partial charge on any atom is -0.497 e.